The van der Waals surface area contributed by atoms with Crippen LogP contribution in [0.4, 0.5) is 0 Å². The van der Waals surface area contributed by atoms with Crippen LogP contribution < -0.4 is 4.74 Å². The zero-order valence-electron chi connectivity index (χ0n) is 18.8. The first-order valence-electron chi connectivity index (χ1n) is 11.1. The molecule has 0 aliphatic carbocycles. The van der Waals surface area contributed by atoms with Crippen LogP contribution in [0.3, 0.4) is 0 Å². The van der Waals surface area contributed by atoms with Gasteiger partial charge >= 0.3 is 5.97 Å². The fourth-order valence-electron chi connectivity index (χ4n) is 3.91. The Kier molecular flexibility index (Phi) is 8.28. The number of para-hydroxylation sites is 1. The molecule has 1 aromatic carbocycles. The third kappa shape index (κ3) is 5.88. The molecular weight excluding hydrogens is 426 g/mol. The Morgan fingerprint density at radius 1 is 1.19 bits per heavy atom. The molecule has 0 radical (unpaired) electrons. The summed E-state index contributed by atoms with van der Waals surface area (Å²) in [6.45, 7) is 6.81. The van der Waals surface area contributed by atoms with E-state index in [0.717, 1.165) is 42.8 Å². The summed E-state index contributed by atoms with van der Waals surface area (Å²) in [7, 11) is 0. The Labute approximate surface area is 194 Å². The molecule has 32 heavy (non-hydrogen) atoms. The summed E-state index contributed by atoms with van der Waals surface area (Å²) in [5.74, 6) is 0.940. The molecule has 0 atom stereocenters. The zero-order chi connectivity index (χ0) is 23.1. The van der Waals surface area contributed by atoms with Crippen molar-refractivity contribution in [1.82, 2.24) is 14.8 Å². The summed E-state index contributed by atoms with van der Waals surface area (Å²) in [6.07, 6.45) is 7.29. The SMILES string of the molecule is CCC(CC)c1nn(-c2ccc(Cl)cn2)cc1CCCOc1c(C)cccc1CC(=O)O. The van der Waals surface area contributed by atoms with Crippen LogP contribution in [-0.2, 0) is 17.6 Å². The van der Waals surface area contributed by atoms with Gasteiger partial charge in [-0.15, -0.1) is 0 Å². The van der Waals surface area contributed by atoms with E-state index in [2.05, 4.69) is 18.8 Å². The van der Waals surface area contributed by atoms with Crippen LogP contribution in [0, 0.1) is 6.92 Å². The van der Waals surface area contributed by atoms with Gasteiger partial charge in [-0.1, -0.05) is 43.6 Å². The molecule has 0 fully saturated rings. The summed E-state index contributed by atoms with van der Waals surface area (Å²) in [6, 6.07) is 9.29. The third-order valence-corrected chi connectivity index (χ3v) is 5.84. The highest BCUT2D eigenvalue weighted by molar-refractivity contribution is 6.30. The standard InChI is InChI=1S/C25H30ClN3O3/c1-4-18(5-2)24-20(16-29(28-24)22-12-11-21(26)15-27-22)10-7-13-32-25-17(3)8-6-9-19(25)14-23(30)31/h6,8-9,11-12,15-16,18H,4-5,7,10,13-14H2,1-3H3,(H,30,31). The lowest BCUT2D eigenvalue weighted by molar-refractivity contribution is -0.136. The average Bonchev–Trinajstić information content (AvgIpc) is 3.17. The van der Waals surface area contributed by atoms with Crippen LogP contribution in [0.25, 0.3) is 5.82 Å². The molecule has 0 saturated heterocycles. The van der Waals surface area contributed by atoms with Crippen molar-refractivity contribution in [3.63, 3.8) is 0 Å². The molecule has 0 unspecified atom stereocenters. The van der Waals surface area contributed by atoms with Gasteiger partial charge in [-0.3, -0.25) is 4.79 Å². The molecule has 0 bridgehead atoms. The van der Waals surface area contributed by atoms with E-state index < -0.39 is 5.97 Å². The summed E-state index contributed by atoms with van der Waals surface area (Å²) < 4.78 is 7.86. The highest BCUT2D eigenvalue weighted by Crippen LogP contribution is 2.28. The number of carboxylic acids is 1. The van der Waals surface area contributed by atoms with E-state index in [1.807, 2.05) is 48.1 Å². The summed E-state index contributed by atoms with van der Waals surface area (Å²) in [5, 5.41) is 14.6. The largest absolute Gasteiger partial charge is 0.493 e. The maximum atomic E-state index is 11.2. The number of aryl methyl sites for hydroxylation is 2. The second kappa shape index (κ2) is 11.1. The molecule has 1 N–H and O–H groups in total. The summed E-state index contributed by atoms with van der Waals surface area (Å²) >= 11 is 5.98. The lowest BCUT2D eigenvalue weighted by atomic mass is 9.95. The molecule has 2 heterocycles. The minimum atomic E-state index is -0.863. The van der Waals surface area contributed by atoms with Crippen LogP contribution in [0.2, 0.25) is 5.02 Å². The van der Waals surface area contributed by atoms with Crippen molar-refractivity contribution >= 4 is 17.6 Å². The van der Waals surface area contributed by atoms with Gasteiger partial charge in [0.05, 0.1) is 23.7 Å². The Morgan fingerprint density at radius 2 is 1.97 bits per heavy atom. The number of aliphatic carboxylic acids is 1. The highest BCUT2D eigenvalue weighted by atomic mass is 35.5. The lowest BCUT2D eigenvalue weighted by Crippen LogP contribution is -2.07. The number of pyridine rings is 1. The Bertz CT molecular complexity index is 1040. The molecule has 3 rings (SSSR count). The van der Waals surface area contributed by atoms with Crippen molar-refractivity contribution in [3.05, 3.63) is 70.1 Å². The molecule has 2 aromatic heterocycles. The van der Waals surface area contributed by atoms with E-state index in [-0.39, 0.29) is 6.42 Å². The topological polar surface area (TPSA) is 77.2 Å². The number of aromatic nitrogens is 3. The molecule has 170 valence electrons. The van der Waals surface area contributed by atoms with Crippen molar-refractivity contribution in [2.24, 2.45) is 0 Å². The molecule has 0 saturated carbocycles. The van der Waals surface area contributed by atoms with Gasteiger partial charge in [0.25, 0.3) is 0 Å². The second-order valence-corrected chi connectivity index (χ2v) is 8.35. The van der Waals surface area contributed by atoms with Gasteiger partial charge in [0.1, 0.15) is 5.75 Å². The van der Waals surface area contributed by atoms with Crippen LogP contribution >= 0.6 is 11.6 Å². The first-order chi connectivity index (χ1) is 15.4. The smallest absolute Gasteiger partial charge is 0.307 e. The van der Waals surface area contributed by atoms with Crippen LogP contribution in [0.15, 0.2) is 42.7 Å². The number of carbonyl (C=O) groups is 1. The van der Waals surface area contributed by atoms with Crippen molar-refractivity contribution < 1.29 is 14.6 Å². The minimum Gasteiger partial charge on any atom is -0.493 e. The van der Waals surface area contributed by atoms with Crippen molar-refractivity contribution in [2.75, 3.05) is 6.61 Å². The first kappa shape index (κ1) is 23.8. The predicted molar refractivity (Wildman–Crippen MR) is 126 cm³/mol. The summed E-state index contributed by atoms with van der Waals surface area (Å²) in [5.41, 5.74) is 3.95. The maximum absolute atomic E-state index is 11.2. The fraction of sp³-hybridized carbons (Fsp3) is 0.400. The molecule has 3 aromatic rings. The van der Waals surface area contributed by atoms with Gasteiger partial charge in [-0.2, -0.15) is 5.10 Å². The average molecular weight is 456 g/mol. The monoisotopic (exact) mass is 455 g/mol. The number of ether oxygens (including phenoxy) is 1. The van der Waals surface area contributed by atoms with Gasteiger partial charge in [0.15, 0.2) is 5.82 Å². The van der Waals surface area contributed by atoms with Crippen LogP contribution in [0.5, 0.6) is 5.75 Å². The number of nitrogens with zero attached hydrogens (tertiary/aromatic N) is 3. The zero-order valence-corrected chi connectivity index (χ0v) is 19.6. The molecule has 0 amide bonds. The Balaban J connectivity index is 1.73. The van der Waals surface area contributed by atoms with E-state index in [4.69, 9.17) is 26.5 Å². The lowest BCUT2D eigenvalue weighted by Gasteiger charge is -2.14. The quantitative estimate of drug-likeness (QED) is 0.371. The Morgan fingerprint density at radius 3 is 2.62 bits per heavy atom. The van der Waals surface area contributed by atoms with Gasteiger partial charge in [0.2, 0.25) is 0 Å². The van der Waals surface area contributed by atoms with Crippen LogP contribution in [-0.4, -0.2) is 32.4 Å². The highest BCUT2D eigenvalue weighted by Gasteiger charge is 2.18. The van der Waals surface area contributed by atoms with E-state index in [9.17, 15) is 4.79 Å². The first-order valence-corrected chi connectivity index (χ1v) is 11.4. The Hall–Kier alpha value is -2.86. The van der Waals surface area contributed by atoms with E-state index in [0.29, 0.717) is 28.9 Å². The van der Waals surface area contributed by atoms with E-state index in [1.165, 1.54) is 5.56 Å². The summed E-state index contributed by atoms with van der Waals surface area (Å²) in [4.78, 5) is 15.6. The number of hydrogen-bond donors (Lipinski definition) is 1. The van der Waals surface area contributed by atoms with Gasteiger partial charge < -0.3 is 9.84 Å². The molecule has 6 nitrogen and oxygen atoms in total. The third-order valence-electron chi connectivity index (χ3n) is 5.61. The fourth-order valence-corrected chi connectivity index (χ4v) is 4.03. The van der Waals surface area contributed by atoms with Gasteiger partial charge in [-0.05, 0) is 55.9 Å². The number of hydrogen-bond acceptors (Lipinski definition) is 4. The van der Waals surface area contributed by atoms with Crippen molar-refractivity contribution in [3.8, 4) is 11.6 Å². The van der Waals surface area contributed by atoms with Crippen molar-refractivity contribution in [2.45, 2.75) is 58.8 Å². The van der Waals surface area contributed by atoms with Crippen molar-refractivity contribution in [1.29, 1.82) is 0 Å². The second-order valence-electron chi connectivity index (χ2n) is 7.92. The number of carboxylic acid groups (broad SMARTS) is 1. The molecule has 0 aliphatic heterocycles. The minimum absolute atomic E-state index is 0.0449. The molecular formula is C25H30ClN3O3. The van der Waals surface area contributed by atoms with Crippen LogP contribution in [0.1, 0.15) is 61.4 Å². The maximum Gasteiger partial charge on any atom is 0.307 e. The predicted octanol–water partition coefficient (Wildman–Crippen LogP) is 5.77. The number of benzene rings is 1. The molecule has 7 heteroatoms. The van der Waals surface area contributed by atoms with E-state index >= 15 is 0 Å². The number of halogens is 1. The van der Waals surface area contributed by atoms with Gasteiger partial charge in [0, 0.05) is 23.9 Å². The van der Waals surface area contributed by atoms with Gasteiger partial charge in [-0.25, -0.2) is 9.67 Å². The molecule has 0 spiro atoms. The van der Waals surface area contributed by atoms with E-state index in [1.54, 1.807) is 6.20 Å². The molecule has 0 aliphatic rings. The normalized spacial score (nSPS) is 11.2. The number of rotatable bonds is 11.